The quantitative estimate of drug-likeness (QED) is 0.330. The summed E-state index contributed by atoms with van der Waals surface area (Å²) in [5.41, 5.74) is -0.796. The average Bonchev–Trinajstić information content (AvgIpc) is 2.69. The number of piperidine rings is 1. The van der Waals surface area contributed by atoms with E-state index < -0.39 is 11.7 Å². The van der Waals surface area contributed by atoms with Gasteiger partial charge in [0.25, 0.3) is 0 Å². The lowest BCUT2D eigenvalue weighted by Gasteiger charge is -2.33. The Morgan fingerprint density at radius 2 is 2.11 bits per heavy atom. The van der Waals surface area contributed by atoms with Gasteiger partial charge >= 0.3 is 12.1 Å². The van der Waals surface area contributed by atoms with Crippen LogP contribution >= 0.6 is 0 Å². The Hall–Kier alpha value is -2.52. The molecule has 0 radical (unpaired) electrons. The predicted octanol–water partition coefficient (Wildman–Crippen LogP) is 2.36. The Morgan fingerprint density at radius 1 is 1.39 bits per heavy atom. The molecule has 2 N–H and O–H groups in total. The summed E-state index contributed by atoms with van der Waals surface area (Å²) in [6.07, 6.45) is -1.79. The molecule has 2 rings (SSSR count). The summed E-state index contributed by atoms with van der Waals surface area (Å²) < 4.78 is 43.7. The Morgan fingerprint density at radius 3 is 2.71 bits per heavy atom. The van der Waals surface area contributed by atoms with Gasteiger partial charge in [0.1, 0.15) is 5.82 Å². The topological polar surface area (TPSA) is 78.9 Å². The number of guanidine groups is 1. The number of carbonyl (C=O) groups is 1. The number of anilines is 1. The summed E-state index contributed by atoms with van der Waals surface area (Å²) in [4.78, 5) is 21.9. The van der Waals surface area contributed by atoms with Crippen LogP contribution in [-0.4, -0.2) is 61.6 Å². The van der Waals surface area contributed by atoms with Gasteiger partial charge in [-0.25, -0.2) is 4.98 Å². The number of carbonyl (C=O) groups excluding carboxylic acids is 1. The van der Waals surface area contributed by atoms with Gasteiger partial charge in [0.2, 0.25) is 0 Å². The lowest BCUT2D eigenvalue weighted by molar-refractivity contribution is -0.146. The predicted molar refractivity (Wildman–Crippen MR) is 100 cm³/mol. The summed E-state index contributed by atoms with van der Waals surface area (Å²) in [5, 5.41) is 5.89. The van der Waals surface area contributed by atoms with Gasteiger partial charge in [-0.1, -0.05) is 0 Å². The zero-order valence-electron chi connectivity index (χ0n) is 16.1. The molecule has 0 bridgehead atoms. The molecule has 0 aromatic carbocycles. The van der Waals surface area contributed by atoms with E-state index in [0.29, 0.717) is 38.4 Å². The Labute approximate surface area is 162 Å². The van der Waals surface area contributed by atoms with E-state index in [1.165, 1.54) is 19.4 Å². The fourth-order valence-electron chi connectivity index (χ4n) is 3.03. The van der Waals surface area contributed by atoms with Gasteiger partial charge in [0.05, 0.1) is 25.1 Å². The fraction of sp³-hybridized carbons (Fsp3) is 0.611. The highest BCUT2D eigenvalue weighted by atomic mass is 19.4. The van der Waals surface area contributed by atoms with Gasteiger partial charge in [0.15, 0.2) is 5.96 Å². The number of halogens is 3. The van der Waals surface area contributed by atoms with E-state index in [1.54, 1.807) is 0 Å². The second-order valence-electron chi connectivity index (χ2n) is 6.34. The van der Waals surface area contributed by atoms with Crippen molar-refractivity contribution in [3.05, 3.63) is 23.9 Å². The van der Waals surface area contributed by atoms with Crippen LogP contribution in [0, 0.1) is 5.92 Å². The first kappa shape index (κ1) is 21.8. The number of nitrogens with one attached hydrogen (secondary N) is 2. The Kier molecular flexibility index (Phi) is 7.89. The van der Waals surface area contributed by atoms with Crippen molar-refractivity contribution in [1.82, 2.24) is 15.2 Å². The van der Waals surface area contributed by atoms with Crippen molar-refractivity contribution in [1.29, 1.82) is 0 Å². The number of pyridine rings is 1. The highest BCUT2D eigenvalue weighted by molar-refractivity contribution is 5.80. The molecule has 0 aliphatic carbocycles. The van der Waals surface area contributed by atoms with Crippen molar-refractivity contribution in [2.45, 2.75) is 25.9 Å². The van der Waals surface area contributed by atoms with Crippen molar-refractivity contribution in [3.8, 4) is 0 Å². The van der Waals surface area contributed by atoms with Crippen LogP contribution in [0.15, 0.2) is 23.3 Å². The van der Waals surface area contributed by atoms with Crippen LogP contribution in [-0.2, 0) is 15.7 Å². The first-order valence-electron chi connectivity index (χ1n) is 9.24. The first-order valence-corrected chi connectivity index (χ1v) is 9.24. The number of hydrogen-bond acceptors (Lipinski definition) is 5. The van der Waals surface area contributed by atoms with Gasteiger partial charge < -0.3 is 20.3 Å². The lowest BCUT2D eigenvalue weighted by Crippen LogP contribution is -2.46. The summed E-state index contributed by atoms with van der Waals surface area (Å²) in [6.45, 7) is 4.44. The van der Waals surface area contributed by atoms with Crippen LogP contribution < -0.4 is 10.6 Å². The molecule has 1 fully saturated rings. The normalized spacial score (nSPS) is 16.0. The van der Waals surface area contributed by atoms with Crippen molar-refractivity contribution in [2.75, 3.05) is 45.2 Å². The van der Waals surface area contributed by atoms with Gasteiger partial charge in [-0.15, -0.1) is 0 Å². The number of aliphatic imine (C=N–C) groups is 1. The molecular formula is C18H26F3N5O2. The molecule has 10 heteroatoms. The van der Waals surface area contributed by atoms with E-state index in [-0.39, 0.29) is 30.8 Å². The summed E-state index contributed by atoms with van der Waals surface area (Å²) >= 11 is 0. The summed E-state index contributed by atoms with van der Waals surface area (Å²) in [6, 6.07) is 2.25. The monoisotopic (exact) mass is 401 g/mol. The highest BCUT2D eigenvalue weighted by Gasteiger charge is 2.34. The smallest absolute Gasteiger partial charge is 0.419 e. The van der Waals surface area contributed by atoms with Crippen LogP contribution in [0.4, 0.5) is 19.0 Å². The molecule has 7 nitrogen and oxygen atoms in total. The fourth-order valence-corrected chi connectivity index (χ4v) is 3.03. The van der Waals surface area contributed by atoms with Crippen LogP contribution in [0.5, 0.6) is 0 Å². The van der Waals surface area contributed by atoms with E-state index >= 15 is 0 Å². The molecule has 0 unspecified atom stereocenters. The van der Waals surface area contributed by atoms with Crippen LogP contribution in [0.2, 0.25) is 0 Å². The van der Waals surface area contributed by atoms with Gasteiger partial charge in [-0.2, -0.15) is 13.2 Å². The molecule has 1 aliphatic heterocycles. The van der Waals surface area contributed by atoms with E-state index in [4.69, 9.17) is 4.74 Å². The number of nitrogens with zero attached hydrogens (tertiary/aromatic N) is 3. The van der Waals surface area contributed by atoms with Gasteiger partial charge in [0, 0.05) is 32.4 Å². The SMILES string of the molecule is CCNC(=NCCNc1ncccc1C(F)(F)F)N1CCC(C(=O)OC)CC1. The largest absolute Gasteiger partial charge is 0.469 e. The molecule has 1 aromatic rings. The van der Waals surface area contributed by atoms with E-state index in [1.807, 2.05) is 11.8 Å². The third-order valence-corrected chi connectivity index (χ3v) is 4.44. The minimum absolute atomic E-state index is 0.101. The summed E-state index contributed by atoms with van der Waals surface area (Å²) in [5.74, 6) is 0.191. The molecule has 28 heavy (non-hydrogen) atoms. The van der Waals surface area contributed by atoms with Crippen LogP contribution in [0.25, 0.3) is 0 Å². The van der Waals surface area contributed by atoms with Crippen molar-refractivity contribution in [2.24, 2.45) is 10.9 Å². The minimum atomic E-state index is -4.46. The molecule has 1 aliphatic rings. The molecule has 1 aromatic heterocycles. The van der Waals surface area contributed by atoms with Crippen LogP contribution in [0.3, 0.4) is 0 Å². The van der Waals surface area contributed by atoms with Gasteiger partial charge in [-0.05, 0) is 31.9 Å². The maximum atomic E-state index is 13.0. The summed E-state index contributed by atoms with van der Waals surface area (Å²) in [7, 11) is 1.39. The number of methoxy groups -OCH3 is 1. The molecule has 0 amide bonds. The molecule has 1 saturated heterocycles. The number of aromatic nitrogens is 1. The number of ether oxygens (including phenoxy) is 1. The van der Waals surface area contributed by atoms with E-state index in [9.17, 15) is 18.0 Å². The van der Waals surface area contributed by atoms with Crippen LogP contribution in [0.1, 0.15) is 25.3 Å². The van der Waals surface area contributed by atoms with E-state index in [0.717, 1.165) is 6.07 Å². The second kappa shape index (κ2) is 10.1. The number of hydrogen-bond donors (Lipinski definition) is 2. The van der Waals surface area contributed by atoms with Crippen molar-refractivity contribution < 1.29 is 22.7 Å². The maximum Gasteiger partial charge on any atom is 0.419 e. The molecule has 0 atom stereocenters. The molecule has 0 spiro atoms. The lowest BCUT2D eigenvalue weighted by atomic mass is 9.97. The minimum Gasteiger partial charge on any atom is -0.469 e. The molecule has 156 valence electrons. The van der Waals surface area contributed by atoms with Crippen molar-refractivity contribution >= 4 is 17.7 Å². The maximum absolute atomic E-state index is 13.0. The standard InChI is InChI=1S/C18H26F3N5O2/c1-3-22-17(26-11-6-13(7-12-26)16(27)28-2)25-10-9-24-15-14(18(19,20)21)5-4-8-23-15/h4-5,8,13H,3,6-7,9-12H2,1-2H3,(H,22,25)(H,23,24). The Balaban J connectivity index is 1.91. The molecule has 2 heterocycles. The number of rotatable bonds is 6. The third-order valence-electron chi connectivity index (χ3n) is 4.44. The zero-order valence-corrected chi connectivity index (χ0v) is 16.1. The average molecular weight is 401 g/mol. The Bertz CT molecular complexity index is 673. The number of alkyl halides is 3. The first-order chi connectivity index (χ1) is 13.4. The third kappa shape index (κ3) is 6.00. The van der Waals surface area contributed by atoms with E-state index in [2.05, 4.69) is 20.6 Å². The van der Waals surface area contributed by atoms with Gasteiger partial charge in [-0.3, -0.25) is 9.79 Å². The second-order valence-corrected chi connectivity index (χ2v) is 6.34. The number of likely N-dealkylation sites (tertiary alicyclic amines) is 1. The molecular weight excluding hydrogens is 375 g/mol. The zero-order chi connectivity index (χ0) is 20.6. The molecule has 0 saturated carbocycles. The van der Waals surface area contributed by atoms with Crippen molar-refractivity contribution in [3.63, 3.8) is 0 Å². The highest BCUT2D eigenvalue weighted by Crippen LogP contribution is 2.33. The number of esters is 1.